The molecule has 0 radical (unpaired) electrons. The molecule has 0 saturated carbocycles. The van der Waals surface area contributed by atoms with Gasteiger partial charge in [-0.05, 0) is 17.3 Å². The molecule has 0 bridgehead atoms. The van der Waals surface area contributed by atoms with E-state index in [1.807, 2.05) is 6.92 Å². The van der Waals surface area contributed by atoms with Crippen LogP contribution in [0.3, 0.4) is 0 Å². The third kappa shape index (κ3) is 2.66. The van der Waals surface area contributed by atoms with Crippen LogP contribution in [0.15, 0.2) is 12.3 Å². The van der Waals surface area contributed by atoms with E-state index >= 15 is 0 Å². The second-order valence-corrected chi connectivity index (χ2v) is 6.88. The van der Waals surface area contributed by atoms with Crippen molar-refractivity contribution in [3.8, 4) is 0 Å². The highest BCUT2D eigenvalue weighted by atomic mass is 16.5. The number of carbonyl (C=O) groups excluding carboxylic acids is 1. The first-order valence-electron chi connectivity index (χ1n) is 5.95. The fourth-order valence-electron chi connectivity index (χ4n) is 3.15. The summed E-state index contributed by atoms with van der Waals surface area (Å²) in [5.74, 6) is 0.591. The Morgan fingerprint density at radius 3 is 2.06 bits per heavy atom. The van der Waals surface area contributed by atoms with Crippen molar-refractivity contribution in [1.29, 1.82) is 0 Å². The van der Waals surface area contributed by atoms with E-state index in [2.05, 4.69) is 41.2 Å². The number of ether oxygens (including phenoxy) is 1. The summed E-state index contributed by atoms with van der Waals surface area (Å²) in [4.78, 5) is 11.8. The predicted molar refractivity (Wildman–Crippen MR) is 65.7 cm³/mol. The van der Waals surface area contributed by atoms with Crippen LogP contribution in [0.4, 0.5) is 0 Å². The molecule has 0 amide bonds. The van der Waals surface area contributed by atoms with Crippen molar-refractivity contribution in [3.05, 3.63) is 12.3 Å². The molecule has 1 aliphatic rings. The van der Waals surface area contributed by atoms with Gasteiger partial charge in [0.15, 0.2) is 0 Å². The lowest BCUT2D eigenvalue weighted by Gasteiger charge is -2.36. The lowest BCUT2D eigenvalue weighted by atomic mass is 9.66. The average Bonchev–Trinajstić information content (AvgIpc) is 2.20. The molecule has 2 nitrogen and oxygen atoms in total. The van der Waals surface area contributed by atoms with Gasteiger partial charge < -0.3 is 4.74 Å². The van der Waals surface area contributed by atoms with Crippen LogP contribution >= 0.6 is 0 Å². The molecule has 0 N–H and O–H groups in total. The zero-order valence-electron chi connectivity index (χ0n) is 11.4. The third-order valence-electron chi connectivity index (χ3n) is 3.32. The summed E-state index contributed by atoms with van der Waals surface area (Å²) >= 11 is 0. The Hall–Kier alpha value is -0.790. The van der Waals surface area contributed by atoms with Crippen molar-refractivity contribution in [2.75, 3.05) is 0 Å². The first kappa shape index (κ1) is 13.3. The Balaban J connectivity index is 2.91. The molecule has 92 valence electrons. The fraction of sp³-hybridized carbons (Fsp3) is 0.786. The van der Waals surface area contributed by atoms with E-state index in [1.54, 1.807) is 0 Å². The number of esters is 1. The van der Waals surface area contributed by atoms with Gasteiger partial charge in [-0.1, -0.05) is 48.1 Å². The predicted octanol–water partition coefficient (Wildman–Crippen LogP) is 3.77. The number of rotatable bonds is 2. The third-order valence-corrected chi connectivity index (χ3v) is 3.32. The van der Waals surface area contributed by atoms with E-state index in [1.165, 1.54) is 0 Å². The van der Waals surface area contributed by atoms with Gasteiger partial charge in [0.05, 0.1) is 5.92 Å². The van der Waals surface area contributed by atoms with E-state index in [9.17, 15) is 4.79 Å². The highest BCUT2D eigenvalue weighted by Crippen LogP contribution is 2.47. The van der Waals surface area contributed by atoms with E-state index in [-0.39, 0.29) is 28.6 Å². The fourth-order valence-corrected chi connectivity index (χ4v) is 3.15. The van der Waals surface area contributed by atoms with Crippen LogP contribution in [0.1, 0.15) is 48.0 Å². The van der Waals surface area contributed by atoms with E-state index in [0.717, 1.165) is 6.42 Å². The summed E-state index contributed by atoms with van der Waals surface area (Å²) in [7, 11) is 0. The quantitative estimate of drug-likeness (QED) is 0.667. The molecule has 1 rings (SSSR count). The average molecular weight is 224 g/mol. The molecule has 1 heterocycles. The summed E-state index contributed by atoms with van der Waals surface area (Å²) in [6.45, 7) is 16.7. The number of carbonyl (C=O) groups is 1. The van der Waals surface area contributed by atoms with Gasteiger partial charge >= 0.3 is 5.97 Å². The van der Waals surface area contributed by atoms with Gasteiger partial charge in [0.2, 0.25) is 0 Å². The summed E-state index contributed by atoms with van der Waals surface area (Å²) in [6, 6.07) is 0. The number of allylic oxidation sites excluding steroid dienone is 1. The van der Waals surface area contributed by atoms with E-state index in [4.69, 9.17) is 4.74 Å². The van der Waals surface area contributed by atoms with Gasteiger partial charge in [-0.25, -0.2) is 0 Å². The van der Waals surface area contributed by atoms with E-state index in [0.29, 0.717) is 5.76 Å². The molecule has 1 fully saturated rings. The minimum absolute atomic E-state index is 0.0474. The highest BCUT2D eigenvalue weighted by molar-refractivity contribution is 5.78. The van der Waals surface area contributed by atoms with Crippen molar-refractivity contribution >= 4 is 5.97 Å². The maximum atomic E-state index is 11.8. The first-order chi connectivity index (χ1) is 7.04. The Morgan fingerprint density at radius 1 is 1.25 bits per heavy atom. The van der Waals surface area contributed by atoms with Gasteiger partial charge in [-0.3, -0.25) is 4.79 Å². The van der Waals surface area contributed by atoms with E-state index < -0.39 is 0 Å². The summed E-state index contributed by atoms with van der Waals surface area (Å²) < 4.78 is 5.15. The molecular weight excluding hydrogens is 200 g/mol. The van der Waals surface area contributed by atoms with Crippen LogP contribution in [0.5, 0.6) is 0 Å². The molecule has 0 aromatic heterocycles. The summed E-state index contributed by atoms with van der Waals surface area (Å²) in [6.07, 6.45) is 0.997. The maximum absolute atomic E-state index is 11.8. The molecule has 2 heteroatoms. The molecule has 0 aromatic rings. The largest absolute Gasteiger partial charge is 0.431 e. The van der Waals surface area contributed by atoms with Gasteiger partial charge in [0.1, 0.15) is 5.76 Å². The minimum Gasteiger partial charge on any atom is -0.431 e. The number of cyclic esters (lactones) is 1. The van der Waals surface area contributed by atoms with Crippen LogP contribution in [0.25, 0.3) is 0 Å². The lowest BCUT2D eigenvalue weighted by molar-refractivity contribution is -0.143. The summed E-state index contributed by atoms with van der Waals surface area (Å²) in [5, 5.41) is 0. The second kappa shape index (κ2) is 3.90. The Bertz CT molecular complexity index is 307. The maximum Gasteiger partial charge on any atom is 0.315 e. The standard InChI is InChI=1S/C14H24O2/c1-9-10(2)16-12(15)11(9)14(6,7)8-13(3,4)5/h9,11H,2,8H2,1,3-7H3. The molecule has 1 aliphatic heterocycles. The molecule has 1 saturated heterocycles. The summed E-state index contributed by atoms with van der Waals surface area (Å²) in [5.41, 5.74) is 0.168. The lowest BCUT2D eigenvalue weighted by Crippen LogP contribution is -2.34. The van der Waals surface area contributed by atoms with Gasteiger partial charge in [-0.2, -0.15) is 0 Å². The SMILES string of the molecule is C=C1OC(=O)C(C(C)(C)CC(C)(C)C)C1C. The zero-order valence-corrected chi connectivity index (χ0v) is 11.4. The molecule has 0 aliphatic carbocycles. The number of hydrogen-bond acceptors (Lipinski definition) is 2. The van der Waals surface area contributed by atoms with Crippen molar-refractivity contribution < 1.29 is 9.53 Å². The highest BCUT2D eigenvalue weighted by Gasteiger charge is 2.47. The van der Waals surface area contributed by atoms with Crippen LogP contribution in [-0.2, 0) is 9.53 Å². The van der Waals surface area contributed by atoms with Crippen LogP contribution in [-0.4, -0.2) is 5.97 Å². The topological polar surface area (TPSA) is 26.3 Å². The van der Waals surface area contributed by atoms with Crippen molar-refractivity contribution in [2.45, 2.75) is 48.0 Å². The Morgan fingerprint density at radius 2 is 1.75 bits per heavy atom. The van der Waals surface area contributed by atoms with Gasteiger partial charge in [-0.15, -0.1) is 0 Å². The smallest absolute Gasteiger partial charge is 0.315 e. The molecule has 2 unspecified atom stereocenters. The molecule has 2 atom stereocenters. The minimum atomic E-state index is -0.105. The molecule has 0 aromatic carbocycles. The second-order valence-electron chi connectivity index (χ2n) is 6.88. The van der Waals surface area contributed by atoms with Crippen molar-refractivity contribution in [1.82, 2.24) is 0 Å². The first-order valence-corrected chi connectivity index (χ1v) is 5.95. The molecular formula is C14H24O2. The normalized spacial score (nSPS) is 27.1. The molecule has 0 spiro atoms. The molecule has 16 heavy (non-hydrogen) atoms. The number of hydrogen-bond donors (Lipinski definition) is 0. The van der Waals surface area contributed by atoms with Crippen molar-refractivity contribution in [3.63, 3.8) is 0 Å². The van der Waals surface area contributed by atoms with Crippen LogP contribution < -0.4 is 0 Å². The Labute approximate surface area is 99.1 Å². The van der Waals surface area contributed by atoms with Crippen molar-refractivity contribution in [2.24, 2.45) is 22.7 Å². The monoisotopic (exact) mass is 224 g/mol. The van der Waals surface area contributed by atoms with Gasteiger partial charge in [0.25, 0.3) is 0 Å². The zero-order chi connectivity index (χ0) is 12.7. The Kier molecular flexibility index (Phi) is 3.24. The van der Waals surface area contributed by atoms with Crippen LogP contribution in [0.2, 0.25) is 0 Å². The van der Waals surface area contributed by atoms with Gasteiger partial charge in [0, 0.05) is 5.92 Å². The van der Waals surface area contributed by atoms with Crippen LogP contribution in [0, 0.1) is 22.7 Å².